The highest BCUT2D eigenvalue weighted by atomic mass is 16.8. The van der Waals surface area contributed by atoms with Crippen LogP contribution in [0, 0.1) is 18.3 Å². The van der Waals surface area contributed by atoms with Crippen molar-refractivity contribution in [2.75, 3.05) is 0 Å². The van der Waals surface area contributed by atoms with Crippen LogP contribution >= 0.6 is 0 Å². The lowest BCUT2D eigenvalue weighted by atomic mass is 10.00. The van der Waals surface area contributed by atoms with Crippen LogP contribution in [0.3, 0.4) is 0 Å². The molecule has 2 aromatic rings. The molecular weight excluding hydrogens is 290 g/mol. The quantitative estimate of drug-likeness (QED) is 0.800. The van der Waals surface area contributed by atoms with Gasteiger partial charge in [0, 0.05) is 17.0 Å². The third-order valence-electron chi connectivity index (χ3n) is 5.92. The molecule has 120 valence electrons. The minimum absolute atomic E-state index is 0.0487. The second-order valence-corrected chi connectivity index (χ2v) is 7.56. The van der Waals surface area contributed by atoms with Crippen molar-refractivity contribution in [1.82, 2.24) is 14.5 Å². The lowest BCUT2D eigenvalue weighted by molar-refractivity contribution is -0.159. The molecule has 0 spiro atoms. The second-order valence-electron chi connectivity index (χ2n) is 7.56. The van der Waals surface area contributed by atoms with E-state index in [9.17, 15) is 0 Å². The van der Waals surface area contributed by atoms with Gasteiger partial charge in [0.1, 0.15) is 18.1 Å². The van der Waals surface area contributed by atoms with E-state index in [0.717, 1.165) is 23.1 Å². The van der Waals surface area contributed by atoms with E-state index in [4.69, 9.17) is 9.47 Å². The molecule has 3 heterocycles. The Morgan fingerprint density at radius 2 is 2.17 bits per heavy atom. The summed E-state index contributed by atoms with van der Waals surface area (Å²) in [6.07, 6.45) is 7.11. The Morgan fingerprint density at radius 1 is 1.35 bits per heavy atom. The number of hydrogen-bond donors (Lipinski definition) is 0. The maximum Gasteiger partial charge on any atom is 0.163 e. The number of fused-ring (bicyclic) bond motifs is 4. The van der Waals surface area contributed by atoms with Crippen molar-refractivity contribution in [3.63, 3.8) is 0 Å². The highest BCUT2D eigenvalue weighted by Gasteiger charge is 2.74. The zero-order valence-electron chi connectivity index (χ0n) is 13.7. The maximum atomic E-state index is 6.28. The van der Waals surface area contributed by atoms with E-state index in [-0.39, 0.29) is 23.7 Å². The summed E-state index contributed by atoms with van der Waals surface area (Å²) in [5, 5.41) is 1.11. The summed E-state index contributed by atoms with van der Waals surface area (Å²) < 4.78 is 14.8. The van der Waals surface area contributed by atoms with Gasteiger partial charge in [0.25, 0.3) is 0 Å². The zero-order chi connectivity index (χ0) is 16.0. The van der Waals surface area contributed by atoms with E-state index in [1.165, 1.54) is 0 Å². The summed E-state index contributed by atoms with van der Waals surface area (Å²) in [5.74, 6) is -0.0256. The molecule has 5 atom stereocenters. The van der Waals surface area contributed by atoms with Crippen molar-refractivity contribution >= 4 is 11.0 Å². The number of rotatable bonds is 2. The summed E-state index contributed by atoms with van der Waals surface area (Å²) in [7, 11) is 0. The number of ether oxygens (including phenoxy) is 2. The van der Waals surface area contributed by atoms with Gasteiger partial charge >= 0.3 is 0 Å². The van der Waals surface area contributed by atoms with Crippen LogP contribution in [-0.4, -0.2) is 32.5 Å². The topological polar surface area (TPSA) is 49.2 Å². The van der Waals surface area contributed by atoms with Crippen LogP contribution in [0.5, 0.6) is 0 Å². The van der Waals surface area contributed by atoms with Gasteiger partial charge in [-0.3, -0.25) is 0 Å². The van der Waals surface area contributed by atoms with E-state index in [1.807, 2.05) is 20.8 Å². The Balaban J connectivity index is 1.65. The first-order valence-electron chi connectivity index (χ1n) is 8.24. The van der Waals surface area contributed by atoms with Crippen molar-refractivity contribution in [3.8, 4) is 0 Å². The SMILES string of the molecule is C=C[C@]12C[C@@H]1[C@@H](n1ccc3c(C)ncnc31)[C@@H]1OC(C)(C)O[C@@H]12. The molecule has 0 amide bonds. The van der Waals surface area contributed by atoms with Gasteiger partial charge in [-0.1, -0.05) is 6.08 Å². The summed E-state index contributed by atoms with van der Waals surface area (Å²) in [4.78, 5) is 8.83. The van der Waals surface area contributed by atoms with Crippen LogP contribution in [-0.2, 0) is 9.47 Å². The summed E-state index contributed by atoms with van der Waals surface area (Å²) >= 11 is 0. The Kier molecular flexibility index (Phi) is 2.40. The standard InChI is InChI=1S/C18H21N3O2/c1-5-18-8-12(18)13(14-15(18)23-17(3,4)22-14)21-7-6-11-10(2)19-9-20-16(11)21/h5-7,9,12-15H,1,8H2,2-4H3/t12-,13-,14+,15+,18+/m1/s1. The highest BCUT2D eigenvalue weighted by Crippen LogP contribution is 2.72. The molecule has 3 aliphatic rings. The first-order valence-corrected chi connectivity index (χ1v) is 8.24. The summed E-state index contributed by atoms with van der Waals surface area (Å²) in [6, 6.07) is 2.35. The molecule has 23 heavy (non-hydrogen) atoms. The van der Waals surface area contributed by atoms with Crippen molar-refractivity contribution in [3.05, 3.63) is 36.9 Å². The molecule has 5 nitrogen and oxygen atoms in total. The summed E-state index contributed by atoms with van der Waals surface area (Å²) in [5.41, 5.74) is 2.06. The van der Waals surface area contributed by atoms with Gasteiger partial charge in [-0.05, 0) is 39.2 Å². The van der Waals surface area contributed by atoms with Crippen LogP contribution in [0.25, 0.3) is 11.0 Å². The van der Waals surface area contributed by atoms with Crippen molar-refractivity contribution in [2.24, 2.45) is 11.3 Å². The van der Waals surface area contributed by atoms with Crippen LogP contribution < -0.4 is 0 Å². The fraction of sp³-hybridized carbons (Fsp3) is 0.556. The predicted molar refractivity (Wildman–Crippen MR) is 85.9 cm³/mol. The molecule has 1 aliphatic heterocycles. The first-order chi connectivity index (χ1) is 11.0. The number of hydrogen-bond acceptors (Lipinski definition) is 4. The Morgan fingerprint density at radius 3 is 2.96 bits per heavy atom. The van der Waals surface area contributed by atoms with Crippen molar-refractivity contribution in [1.29, 1.82) is 0 Å². The molecule has 0 unspecified atom stereocenters. The average molecular weight is 311 g/mol. The molecule has 5 heteroatoms. The van der Waals surface area contributed by atoms with Gasteiger partial charge < -0.3 is 14.0 Å². The molecule has 5 rings (SSSR count). The average Bonchev–Trinajstić information content (AvgIpc) is 2.78. The molecule has 0 N–H and O–H groups in total. The van der Waals surface area contributed by atoms with Gasteiger partial charge in [0.15, 0.2) is 5.79 Å². The van der Waals surface area contributed by atoms with E-state index in [2.05, 4.69) is 39.5 Å². The van der Waals surface area contributed by atoms with Crippen molar-refractivity contribution < 1.29 is 9.47 Å². The van der Waals surface area contributed by atoms with E-state index in [1.54, 1.807) is 6.33 Å². The first kappa shape index (κ1) is 13.7. The highest BCUT2D eigenvalue weighted by molar-refractivity contribution is 5.78. The lowest BCUT2D eigenvalue weighted by Gasteiger charge is -2.24. The van der Waals surface area contributed by atoms with Crippen molar-refractivity contribution in [2.45, 2.75) is 51.2 Å². The van der Waals surface area contributed by atoms with Crippen LogP contribution in [0.2, 0.25) is 0 Å². The fourth-order valence-electron chi connectivity index (χ4n) is 4.81. The smallest absolute Gasteiger partial charge is 0.163 e. The minimum atomic E-state index is -0.537. The summed E-state index contributed by atoms with van der Waals surface area (Å²) in [6.45, 7) is 10.1. The number of nitrogens with zero attached hydrogens (tertiary/aromatic N) is 3. The molecule has 3 fully saturated rings. The molecule has 2 aromatic heterocycles. The van der Waals surface area contributed by atoms with Crippen LogP contribution in [0.15, 0.2) is 31.2 Å². The molecule has 1 saturated heterocycles. The van der Waals surface area contributed by atoms with Crippen LogP contribution in [0.4, 0.5) is 0 Å². The van der Waals surface area contributed by atoms with Gasteiger partial charge in [0.2, 0.25) is 0 Å². The molecule has 0 radical (unpaired) electrons. The largest absolute Gasteiger partial charge is 0.344 e. The third-order valence-corrected chi connectivity index (χ3v) is 5.92. The minimum Gasteiger partial charge on any atom is -0.344 e. The van der Waals surface area contributed by atoms with Gasteiger partial charge in [0.05, 0.1) is 17.8 Å². The monoisotopic (exact) mass is 311 g/mol. The second kappa shape index (κ2) is 4.02. The third kappa shape index (κ3) is 1.59. The molecule has 0 bridgehead atoms. The Hall–Kier alpha value is -1.72. The normalized spacial score (nSPS) is 40.1. The lowest BCUT2D eigenvalue weighted by Crippen LogP contribution is -2.31. The molecular formula is C18H21N3O2. The van der Waals surface area contributed by atoms with Crippen LogP contribution in [0.1, 0.15) is 32.0 Å². The number of aromatic nitrogens is 3. The Bertz CT molecular complexity index is 827. The van der Waals surface area contributed by atoms with E-state index in [0.29, 0.717) is 5.92 Å². The number of aryl methyl sites for hydroxylation is 1. The van der Waals surface area contributed by atoms with Gasteiger partial charge in [-0.15, -0.1) is 6.58 Å². The van der Waals surface area contributed by atoms with E-state index >= 15 is 0 Å². The molecule has 2 aliphatic carbocycles. The zero-order valence-corrected chi connectivity index (χ0v) is 13.7. The van der Waals surface area contributed by atoms with E-state index < -0.39 is 5.79 Å². The van der Waals surface area contributed by atoms with Gasteiger partial charge in [-0.25, -0.2) is 9.97 Å². The van der Waals surface area contributed by atoms with Gasteiger partial charge in [-0.2, -0.15) is 0 Å². The fourth-order valence-corrected chi connectivity index (χ4v) is 4.81. The molecule has 2 saturated carbocycles. The molecule has 0 aromatic carbocycles. The maximum absolute atomic E-state index is 6.28. The predicted octanol–water partition coefficient (Wildman–Crippen LogP) is 3.01. The Labute approximate surface area is 135 Å².